The fraction of sp³-hybridized carbons (Fsp3) is 0.318. The number of piperazine rings is 1. The summed E-state index contributed by atoms with van der Waals surface area (Å²) in [7, 11) is 1.32. The second-order valence-corrected chi connectivity index (χ2v) is 6.83. The van der Waals surface area contributed by atoms with Crippen LogP contribution < -0.4 is 5.32 Å². The topological polar surface area (TPSA) is 79.0 Å². The Bertz CT molecular complexity index is 870. The van der Waals surface area contributed by atoms with E-state index in [0.717, 1.165) is 32.7 Å². The van der Waals surface area contributed by atoms with E-state index in [0.29, 0.717) is 22.4 Å². The van der Waals surface area contributed by atoms with Gasteiger partial charge in [0.1, 0.15) is 0 Å². The number of nitrogens with one attached hydrogen (secondary N) is 1. The molecule has 0 aliphatic carbocycles. The number of nitrogens with zero attached hydrogens (tertiary/aromatic N) is 2. The van der Waals surface area contributed by atoms with Crippen molar-refractivity contribution in [3.05, 3.63) is 65.2 Å². The minimum atomic E-state index is -0.431. The van der Waals surface area contributed by atoms with Crippen molar-refractivity contribution in [3.63, 3.8) is 0 Å². The third-order valence-corrected chi connectivity index (χ3v) is 5.06. The Morgan fingerprint density at radius 1 is 0.862 bits per heavy atom. The fourth-order valence-corrected chi connectivity index (χ4v) is 3.22. The molecule has 0 saturated carbocycles. The lowest BCUT2D eigenvalue weighted by molar-refractivity contribution is 0.0599. The number of methoxy groups -OCH3 is 1. The van der Waals surface area contributed by atoms with E-state index in [1.54, 1.807) is 48.5 Å². The van der Waals surface area contributed by atoms with Gasteiger partial charge in [-0.1, -0.05) is 6.92 Å². The first-order valence-electron chi connectivity index (χ1n) is 9.63. The Hall–Kier alpha value is -3.19. The zero-order valence-electron chi connectivity index (χ0n) is 16.7. The molecular weight excluding hydrogens is 370 g/mol. The van der Waals surface area contributed by atoms with Crippen LogP contribution in [-0.2, 0) is 4.74 Å². The van der Waals surface area contributed by atoms with Gasteiger partial charge in [0.2, 0.25) is 0 Å². The van der Waals surface area contributed by atoms with Crippen LogP contribution in [-0.4, -0.2) is 67.4 Å². The molecule has 0 spiro atoms. The Balaban J connectivity index is 1.60. The Morgan fingerprint density at radius 3 is 1.97 bits per heavy atom. The van der Waals surface area contributed by atoms with Crippen LogP contribution in [0.3, 0.4) is 0 Å². The largest absolute Gasteiger partial charge is 0.465 e. The summed E-state index contributed by atoms with van der Waals surface area (Å²) in [6, 6.07) is 13.1. The average Bonchev–Trinajstić information content (AvgIpc) is 2.78. The van der Waals surface area contributed by atoms with Crippen molar-refractivity contribution in [1.29, 1.82) is 0 Å². The van der Waals surface area contributed by atoms with Crippen molar-refractivity contribution in [1.82, 2.24) is 9.80 Å². The summed E-state index contributed by atoms with van der Waals surface area (Å²) in [5, 5.41) is 2.77. The van der Waals surface area contributed by atoms with Gasteiger partial charge in [0.25, 0.3) is 11.8 Å². The van der Waals surface area contributed by atoms with Crippen LogP contribution in [0.2, 0.25) is 0 Å². The lowest BCUT2D eigenvalue weighted by atomic mass is 10.1. The van der Waals surface area contributed by atoms with E-state index >= 15 is 0 Å². The van der Waals surface area contributed by atoms with E-state index < -0.39 is 5.97 Å². The summed E-state index contributed by atoms with van der Waals surface area (Å²) in [6.07, 6.45) is 0. The molecule has 0 unspecified atom stereocenters. The molecule has 3 rings (SSSR count). The molecule has 1 N–H and O–H groups in total. The van der Waals surface area contributed by atoms with E-state index in [-0.39, 0.29) is 11.8 Å². The summed E-state index contributed by atoms with van der Waals surface area (Å²) in [4.78, 5) is 40.7. The Labute approximate surface area is 170 Å². The van der Waals surface area contributed by atoms with Crippen LogP contribution in [0.1, 0.15) is 38.0 Å². The minimum Gasteiger partial charge on any atom is -0.465 e. The highest BCUT2D eigenvalue weighted by molar-refractivity contribution is 6.05. The van der Waals surface area contributed by atoms with E-state index in [1.165, 1.54) is 7.11 Å². The monoisotopic (exact) mass is 395 g/mol. The maximum absolute atomic E-state index is 12.6. The number of ether oxygens (including phenoxy) is 1. The molecule has 0 aromatic heterocycles. The molecule has 152 valence electrons. The predicted molar refractivity (Wildman–Crippen MR) is 110 cm³/mol. The van der Waals surface area contributed by atoms with Crippen LogP contribution in [0, 0.1) is 0 Å². The number of anilines is 1. The average molecular weight is 395 g/mol. The standard InChI is InChI=1S/C22H25N3O4/c1-3-24-12-14-25(15-13-24)21(27)17-6-4-16(5-7-17)20(26)23-19-10-8-18(9-11-19)22(28)29-2/h4-11H,3,12-15H2,1-2H3,(H,23,26). The number of esters is 1. The second kappa shape index (κ2) is 9.34. The quantitative estimate of drug-likeness (QED) is 0.787. The molecule has 1 aliphatic rings. The number of hydrogen-bond acceptors (Lipinski definition) is 5. The molecule has 2 aromatic carbocycles. The third kappa shape index (κ3) is 5.00. The van der Waals surface area contributed by atoms with E-state index in [9.17, 15) is 14.4 Å². The highest BCUT2D eigenvalue weighted by atomic mass is 16.5. The number of carbonyl (C=O) groups excluding carboxylic acids is 3. The molecule has 1 aliphatic heterocycles. The molecule has 0 atom stereocenters. The molecule has 7 heteroatoms. The van der Waals surface area contributed by atoms with E-state index in [2.05, 4.69) is 21.9 Å². The molecule has 29 heavy (non-hydrogen) atoms. The summed E-state index contributed by atoms with van der Waals surface area (Å²) in [5.41, 5.74) is 2.01. The summed E-state index contributed by atoms with van der Waals surface area (Å²) >= 11 is 0. The number of hydrogen-bond donors (Lipinski definition) is 1. The lowest BCUT2D eigenvalue weighted by Crippen LogP contribution is -2.48. The number of benzene rings is 2. The minimum absolute atomic E-state index is 0.00823. The van der Waals surface area contributed by atoms with Gasteiger partial charge in [0.05, 0.1) is 12.7 Å². The van der Waals surface area contributed by atoms with Crippen molar-refractivity contribution in [2.75, 3.05) is 45.2 Å². The highest BCUT2D eigenvalue weighted by Gasteiger charge is 2.21. The molecule has 0 bridgehead atoms. The molecule has 2 aromatic rings. The SMILES string of the molecule is CCN1CCN(C(=O)c2ccc(C(=O)Nc3ccc(C(=O)OC)cc3)cc2)CC1. The van der Waals surface area contributed by atoms with Gasteiger partial charge in [-0.15, -0.1) is 0 Å². The van der Waals surface area contributed by atoms with Gasteiger partial charge >= 0.3 is 5.97 Å². The van der Waals surface area contributed by atoms with Crippen molar-refractivity contribution in [2.24, 2.45) is 0 Å². The number of amides is 2. The van der Waals surface area contributed by atoms with Crippen LogP contribution >= 0.6 is 0 Å². The maximum atomic E-state index is 12.6. The fourth-order valence-electron chi connectivity index (χ4n) is 3.22. The van der Waals surface area contributed by atoms with Crippen molar-refractivity contribution >= 4 is 23.5 Å². The van der Waals surface area contributed by atoms with Gasteiger partial charge in [-0.3, -0.25) is 9.59 Å². The summed E-state index contributed by atoms with van der Waals surface area (Å²) in [6.45, 7) is 6.33. The maximum Gasteiger partial charge on any atom is 0.337 e. The first-order chi connectivity index (χ1) is 14.0. The molecule has 1 saturated heterocycles. The lowest BCUT2D eigenvalue weighted by Gasteiger charge is -2.34. The van der Waals surface area contributed by atoms with Gasteiger partial charge < -0.3 is 19.9 Å². The second-order valence-electron chi connectivity index (χ2n) is 6.83. The molecule has 0 radical (unpaired) electrons. The molecule has 7 nitrogen and oxygen atoms in total. The van der Waals surface area contributed by atoms with Gasteiger partial charge in [-0.25, -0.2) is 4.79 Å². The Morgan fingerprint density at radius 2 is 1.41 bits per heavy atom. The zero-order chi connectivity index (χ0) is 20.8. The number of carbonyl (C=O) groups is 3. The number of rotatable bonds is 5. The van der Waals surface area contributed by atoms with Crippen molar-refractivity contribution in [2.45, 2.75) is 6.92 Å². The van der Waals surface area contributed by atoms with Gasteiger partial charge in [-0.2, -0.15) is 0 Å². The predicted octanol–water partition coefficient (Wildman–Crippen LogP) is 2.50. The molecule has 1 heterocycles. The molecular formula is C22H25N3O4. The van der Waals surface area contributed by atoms with Crippen molar-refractivity contribution in [3.8, 4) is 0 Å². The first kappa shape index (κ1) is 20.5. The van der Waals surface area contributed by atoms with Gasteiger partial charge in [0.15, 0.2) is 0 Å². The van der Waals surface area contributed by atoms with Gasteiger partial charge in [-0.05, 0) is 55.1 Å². The Kier molecular flexibility index (Phi) is 6.61. The smallest absolute Gasteiger partial charge is 0.337 e. The van der Waals surface area contributed by atoms with E-state index in [4.69, 9.17) is 0 Å². The zero-order valence-corrected chi connectivity index (χ0v) is 16.7. The van der Waals surface area contributed by atoms with Crippen molar-refractivity contribution < 1.29 is 19.1 Å². The van der Waals surface area contributed by atoms with Crippen LogP contribution in [0.4, 0.5) is 5.69 Å². The van der Waals surface area contributed by atoms with Crippen LogP contribution in [0.25, 0.3) is 0 Å². The van der Waals surface area contributed by atoms with Crippen LogP contribution in [0.15, 0.2) is 48.5 Å². The highest BCUT2D eigenvalue weighted by Crippen LogP contribution is 2.14. The molecule has 1 fully saturated rings. The summed E-state index contributed by atoms with van der Waals surface area (Å²) < 4.78 is 4.65. The van der Waals surface area contributed by atoms with Crippen LogP contribution in [0.5, 0.6) is 0 Å². The molecule has 2 amide bonds. The number of likely N-dealkylation sites (N-methyl/N-ethyl adjacent to an activating group) is 1. The third-order valence-electron chi connectivity index (χ3n) is 5.06. The van der Waals surface area contributed by atoms with Gasteiger partial charge in [0, 0.05) is 43.0 Å². The summed E-state index contributed by atoms with van der Waals surface area (Å²) in [5.74, 6) is -0.725. The first-order valence-corrected chi connectivity index (χ1v) is 9.63. The van der Waals surface area contributed by atoms with E-state index in [1.807, 2.05) is 4.90 Å². The normalized spacial score (nSPS) is 14.3.